The van der Waals surface area contributed by atoms with Crippen molar-refractivity contribution in [2.24, 2.45) is 56.7 Å². The van der Waals surface area contributed by atoms with Crippen LogP contribution in [-0.2, 0) is 4.79 Å². The van der Waals surface area contributed by atoms with Gasteiger partial charge in [-0.15, -0.1) is 0 Å². The van der Waals surface area contributed by atoms with E-state index in [0.717, 1.165) is 51.4 Å². The molecule has 5 heteroatoms. The van der Waals surface area contributed by atoms with E-state index in [1.807, 2.05) is 6.92 Å². The third-order valence-electron chi connectivity index (χ3n) is 13.7. The Morgan fingerprint density at radius 3 is 2.26 bits per heavy atom. The standard InChI is InChI=1S/C30H48O5/c1-18-9-12-29(24(32)33)15-14-26(4)20(23(29)19(18)2)7-8-21-25(3)13-16-30(34,35)28(6,17-31)22(25)10-11-27(21,26)5/h7,18-19,21-23,31,34-35H,8-17H2,1-6H3,(H,32,33)/t18-,19+,21-,22?,23+,25-,26-,27-,28?,29+/m1/s1. The van der Waals surface area contributed by atoms with E-state index in [4.69, 9.17) is 0 Å². The second-order valence-corrected chi connectivity index (χ2v) is 14.5. The van der Waals surface area contributed by atoms with Gasteiger partial charge in [0, 0.05) is 11.8 Å². The van der Waals surface area contributed by atoms with Crippen LogP contribution in [0.3, 0.4) is 0 Å². The predicted octanol–water partition coefficient (Wildman–Crippen LogP) is 5.38. The van der Waals surface area contributed by atoms with E-state index in [-0.39, 0.29) is 41.1 Å². The van der Waals surface area contributed by atoms with Crippen molar-refractivity contribution < 1.29 is 25.2 Å². The van der Waals surface area contributed by atoms with Crippen LogP contribution in [0.25, 0.3) is 0 Å². The molecule has 35 heavy (non-hydrogen) atoms. The van der Waals surface area contributed by atoms with Gasteiger partial charge in [0.15, 0.2) is 5.79 Å². The van der Waals surface area contributed by atoms with Crippen LogP contribution in [0.2, 0.25) is 0 Å². The second kappa shape index (κ2) is 7.57. The van der Waals surface area contributed by atoms with Gasteiger partial charge in [-0.2, -0.15) is 0 Å². The van der Waals surface area contributed by atoms with Crippen LogP contribution in [0, 0.1) is 56.7 Å². The molecule has 0 radical (unpaired) electrons. The molecule has 0 aromatic carbocycles. The third kappa shape index (κ3) is 2.90. The van der Waals surface area contributed by atoms with Crippen molar-refractivity contribution >= 4 is 5.97 Å². The number of aliphatic hydroxyl groups is 3. The van der Waals surface area contributed by atoms with E-state index in [1.165, 1.54) is 5.57 Å². The van der Waals surface area contributed by atoms with E-state index in [2.05, 4.69) is 40.7 Å². The molecule has 5 aliphatic carbocycles. The van der Waals surface area contributed by atoms with Crippen molar-refractivity contribution in [3.8, 4) is 0 Å². The number of hydrogen-bond donors (Lipinski definition) is 4. The molecule has 0 spiro atoms. The number of hydrogen-bond acceptors (Lipinski definition) is 4. The van der Waals surface area contributed by atoms with Crippen LogP contribution >= 0.6 is 0 Å². The van der Waals surface area contributed by atoms with Gasteiger partial charge in [0.05, 0.1) is 12.0 Å². The quantitative estimate of drug-likeness (QED) is 0.309. The van der Waals surface area contributed by atoms with Gasteiger partial charge in [-0.3, -0.25) is 4.79 Å². The summed E-state index contributed by atoms with van der Waals surface area (Å²) in [5.74, 6) is -1.05. The van der Waals surface area contributed by atoms with Crippen LogP contribution < -0.4 is 0 Å². The molecule has 198 valence electrons. The lowest BCUT2D eigenvalue weighted by atomic mass is 9.33. The van der Waals surface area contributed by atoms with Crippen LogP contribution in [0.4, 0.5) is 0 Å². The molecule has 0 aromatic heterocycles. The molecule has 5 rings (SSSR count). The number of allylic oxidation sites excluding steroid dienone is 2. The summed E-state index contributed by atoms with van der Waals surface area (Å²) in [5.41, 5.74) is -0.280. The summed E-state index contributed by atoms with van der Waals surface area (Å²) >= 11 is 0. The highest BCUT2D eigenvalue weighted by molar-refractivity contribution is 5.76. The lowest BCUT2D eigenvalue weighted by Crippen LogP contribution is -2.68. The van der Waals surface area contributed by atoms with Crippen LogP contribution in [0.1, 0.15) is 99.3 Å². The van der Waals surface area contributed by atoms with Gasteiger partial charge in [0.1, 0.15) is 0 Å². The molecule has 0 aliphatic heterocycles. The first-order valence-electron chi connectivity index (χ1n) is 14.1. The molecule has 5 aliphatic rings. The molecule has 10 atom stereocenters. The number of carboxylic acid groups (broad SMARTS) is 1. The normalized spacial score (nSPS) is 55.0. The van der Waals surface area contributed by atoms with Gasteiger partial charge < -0.3 is 20.4 Å². The fraction of sp³-hybridized carbons (Fsp3) is 0.900. The summed E-state index contributed by atoms with van der Waals surface area (Å²) in [7, 11) is 0. The Labute approximate surface area is 211 Å². The lowest BCUT2D eigenvalue weighted by Gasteiger charge is -2.72. The van der Waals surface area contributed by atoms with Gasteiger partial charge in [0.25, 0.3) is 0 Å². The highest BCUT2D eigenvalue weighted by atomic mass is 16.5. The zero-order valence-corrected chi connectivity index (χ0v) is 22.7. The number of rotatable bonds is 2. The second-order valence-electron chi connectivity index (χ2n) is 14.5. The monoisotopic (exact) mass is 488 g/mol. The number of carbonyl (C=O) groups is 1. The van der Waals surface area contributed by atoms with E-state index in [9.17, 15) is 25.2 Å². The largest absolute Gasteiger partial charge is 0.481 e. The number of aliphatic hydroxyl groups excluding tert-OH is 1. The Balaban J connectivity index is 1.61. The summed E-state index contributed by atoms with van der Waals surface area (Å²) in [4.78, 5) is 12.8. The van der Waals surface area contributed by atoms with Crippen LogP contribution in [-0.4, -0.2) is 38.8 Å². The zero-order chi connectivity index (χ0) is 25.8. The zero-order valence-electron chi connectivity index (χ0n) is 22.7. The van der Waals surface area contributed by atoms with Crippen LogP contribution in [0.5, 0.6) is 0 Å². The van der Waals surface area contributed by atoms with Gasteiger partial charge in [-0.1, -0.05) is 53.2 Å². The van der Waals surface area contributed by atoms with Gasteiger partial charge >= 0.3 is 5.97 Å². The first-order chi connectivity index (χ1) is 16.1. The van der Waals surface area contributed by atoms with Crippen molar-refractivity contribution in [2.45, 2.75) is 105 Å². The molecule has 0 amide bonds. The van der Waals surface area contributed by atoms with Gasteiger partial charge in [-0.05, 0) is 97.2 Å². The molecule has 0 saturated heterocycles. The Kier molecular flexibility index (Phi) is 5.56. The molecular formula is C30H48O5. The van der Waals surface area contributed by atoms with Crippen LogP contribution in [0.15, 0.2) is 11.6 Å². The van der Waals surface area contributed by atoms with Gasteiger partial charge in [-0.25, -0.2) is 0 Å². The third-order valence-corrected chi connectivity index (χ3v) is 13.7. The summed E-state index contributed by atoms with van der Waals surface area (Å²) in [6, 6.07) is 0. The van der Waals surface area contributed by atoms with Crippen molar-refractivity contribution in [3.05, 3.63) is 11.6 Å². The Morgan fingerprint density at radius 1 is 0.943 bits per heavy atom. The van der Waals surface area contributed by atoms with E-state index < -0.39 is 22.6 Å². The fourth-order valence-corrected chi connectivity index (χ4v) is 10.9. The Hall–Kier alpha value is -0.910. The highest BCUT2D eigenvalue weighted by Crippen LogP contribution is 2.76. The molecule has 2 unspecified atom stereocenters. The summed E-state index contributed by atoms with van der Waals surface area (Å²) in [5, 5.41) is 42.8. The fourth-order valence-electron chi connectivity index (χ4n) is 10.9. The average Bonchev–Trinajstić information content (AvgIpc) is 2.79. The Bertz CT molecular complexity index is 941. The first kappa shape index (κ1) is 25.7. The van der Waals surface area contributed by atoms with E-state index >= 15 is 0 Å². The predicted molar refractivity (Wildman–Crippen MR) is 135 cm³/mol. The lowest BCUT2D eigenvalue weighted by molar-refractivity contribution is -0.324. The molecule has 0 aromatic rings. The van der Waals surface area contributed by atoms with Crippen molar-refractivity contribution in [2.75, 3.05) is 6.61 Å². The number of fused-ring (bicyclic) bond motifs is 7. The van der Waals surface area contributed by atoms with E-state index in [1.54, 1.807) is 0 Å². The molecule has 4 N–H and O–H groups in total. The number of carboxylic acids is 1. The maximum absolute atomic E-state index is 12.8. The SMILES string of the molecule is C[C@H]1[C@H](C)CC[C@]2(C(=O)O)CC[C@]3(C)C(=CC[C@@H]4[C@@]5(C)CCC(O)(O)C(C)(CO)C5CC[C@]43C)[C@H]12. The van der Waals surface area contributed by atoms with Crippen molar-refractivity contribution in [1.29, 1.82) is 0 Å². The maximum atomic E-state index is 12.8. The van der Waals surface area contributed by atoms with Crippen molar-refractivity contribution in [3.63, 3.8) is 0 Å². The summed E-state index contributed by atoms with van der Waals surface area (Å²) in [6.45, 7) is 13.5. The molecule has 4 saturated carbocycles. The average molecular weight is 489 g/mol. The highest BCUT2D eigenvalue weighted by Gasteiger charge is 2.71. The summed E-state index contributed by atoms with van der Waals surface area (Å²) < 4.78 is 0. The number of aliphatic carboxylic acids is 1. The first-order valence-corrected chi connectivity index (χ1v) is 14.1. The molecule has 4 fully saturated rings. The molecule has 0 heterocycles. The Morgan fingerprint density at radius 2 is 1.63 bits per heavy atom. The molecular weight excluding hydrogens is 440 g/mol. The van der Waals surface area contributed by atoms with E-state index in [0.29, 0.717) is 17.8 Å². The molecule has 0 bridgehead atoms. The summed E-state index contributed by atoms with van der Waals surface area (Å²) in [6.07, 6.45) is 9.71. The minimum absolute atomic E-state index is 0.0225. The minimum Gasteiger partial charge on any atom is -0.481 e. The molecule has 5 nitrogen and oxygen atoms in total. The topological polar surface area (TPSA) is 98.0 Å². The minimum atomic E-state index is -1.85. The smallest absolute Gasteiger partial charge is 0.310 e. The van der Waals surface area contributed by atoms with Crippen molar-refractivity contribution in [1.82, 2.24) is 0 Å². The maximum Gasteiger partial charge on any atom is 0.310 e. The van der Waals surface area contributed by atoms with Gasteiger partial charge in [0.2, 0.25) is 0 Å².